The Labute approximate surface area is 187 Å². The van der Waals surface area contributed by atoms with E-state index < -0.39 is 0 Å². The SMILES string of the molecule is C[C@H]1CCC[C@H](C)N1C(=O)CSc1nnc(-c2ccccc2O)n1Cc1ccccc1. The van der Waals surface area contributed by atoms with Crippen LogP contribution < -0.4 is 0 Å². The van der Waals surface area contributed by atoms with E-state index in [0.29, 0.717) is 28.8 Å². The van der Waals surface area contributed by atoms with E-state index in [-0.39, 0.29) is 23.7 Å². The van der Waals surface area contributed by atoms with E-state index in [0.717, 1.165) is 18.4 Å². The molecule has 0 radical (unpaired) electrons. The second-order valence-corrected chi connectivity index (χ2v) is 9.06. The fourth-order valence-electron chi connectivity index (χ4n) is 4.28. The standard InChI is InChI=1S/C24H28N4O2S/c1-17-9-8-10-18(2)28(17)22(30)16-31-24-26-25-23(20-13-6-7-14-21(20)29)27(24)15-19-11-4-3-5-12-19/h3-7,11-14,17-18,29H,8-10,15-16H2,1-2H3/t17-,18-/m0/s1. The van der Waals surface area contributed by atoms with Gasteiger partial charge < -0.3 is 10.0 Å². The van der Waals surface area contributed by atoms with Crippen molar-refractivity contribution in [2.24, 2.45) is 0 Å². The van der Waals surface area contributed by atoms with Crippen molar-refractivity contribution < 1.29 is 9.90 Å². The summed E-state index contributed by atoms with van der Waals surface area (Å²) in [6, 6.07) is 17.7. The zero-order valence-corrected chi connectivity index (χ0v) is 18.8. The van der Waals surface area contributed by atoms with Crippen molar-refractivity contribution in [2.45, 2.75) is 56.9 Å². The van der Waals surface area contributed by atoms with Crippen LogP contribution in [0, 0.1) is 0 Å². The van der Waals surface area contributed by atoms with E-state index >= 15 is 0 Å². The Morgan fingerprint density at radius 1 is 1.03 bits per heavy atom. The number of likely N-dealkylation sites (tertiary alicyclic amines) is 1. The highest BCUT2D eigenvalue weighted by Crippen LogP contribution is 2.31. The number of phenols is 1. The fourth-order valence-corrected chi connectivity index (χ4v) is 5.09. The van der Waals surface area contributed by atoms with Crippen molar-refractivity contribution in [1.29, 1.82) is 0 Å². The van der Waals surface area contributed by atoms with E-state index in [4.69, 9.17) is 0 Å². The van der Waals surface area contributed by atoms with E-state index in [9.17, 15) is 9.90 Å². The summed E-state index contributed by atoms with van der Waals surface area (Å²) in [6.45, 7) is 4.82. The highest BCUT2D eigenvalue weighted by Gasteiger charge is 2.29. The summed E-state index contributed by atoms with van der Waals surface area (Å²) in [6.07, 6.45) is 3.29. The number of phenolic OH excluding ortho intramolecular Hbond substituents is 1. The molecule has 3 aromatic rings. The molecule has 0 aliphatic carbocycles. The van der Waals surface area contributed by atoms with Crippen LogP contribution in [0.3, 0.4) is 0 Å². The number of hydrogen-bond acceptors (Lipinski definition) is 5. The number of carbonyl (C=O) groups is 1. The summed E-state index contributed by atoms with van der Waals surface area (Å²) >= 11 is 1.41. The minimum Gasteiger partial charge on any atom is -0.507 e. The topological polar surface area (TPSA) is 71.2 Å². The van der Waals surface area contributed by atoms with E-state index in [1.54, 1.807) is 12.1 Å². The average molecular weight is 437 g/mol. The van der Waals surface area contributed by atoms with Crippen molar-refractivity contribution in [3.63, 3.8) is 0 Å². The Bertz CT molecular complexity index is 1030. The quantitative estimate of drug-likeness (QED) is 0.573. The number of amides is 1. The lowest BCUT2D eigenvalue weighted by Gasteiger charge is -2.39. The highest BCUT2D eigenvalue weighted by atomic mass is 32.2. The maximum absolute atomic E-state index is 13.0. The molecule has 0 unspecified atom stereocenters. The molecule has 4 rings (SSSR count). The van der Waals surface area contributed by atoms with Gasteiger partial charge in [0.05, 0.1) is 17.9 Å². The summed E-state index contributed by atoms with van der Waals surface area (Å²) in [4.78, 5) is 15.0. The summed E-state index contributed by atoms with van der Waals surface area (Å²) < 4.78 is 1.98. The molecule has 2 atom stereocenters. The number of aromatic hydroxyl groups is 1. The normalized spacial score (nSPS) is 18.8. The van der Waals surface area contributed by atoms with Crippen LogP contribution in [0.1, 0.15) is 38.7 Å². The molecule has 2 heterocycles. The number of carbonyl (C=O) groups excluding carboxylic acids is 1. The van der Waals surface area contributed by atoms with Gasteiger partial charge in [-0.3, -0.25) is 9.36 Å². The predicted molar refractivity (Wildman–Crippen MR) is 123 cm³/mol. The molecule has 1 fully saturated rings. The smallest absolute Gasteiger partial charge is 0.233 e. The molecule has 2 aromatic carbocycles. The van der Waals surface area contributed by atoms with Gasteiger partial charge in [-0.2, -0.15) is 0 Å². The summed E-state index contributed by atoms with van der Waals surface area (Å²) in [5, 5.41) is 19.8. The van der Waals surface area contributed by atoms with Gasteiger partial charge in [-0.15, -0.1) is 10.2 Å². The van der Waals surface area contributed by atoms with Crippen molar-refractivity contribution in [2.75, 3.05) is 5.75 Å². The number of benzene rings is 2. The first-order chi connectivity index (χ1) is 15.0. The molecule has 6 nitrogen and oxygen atoms in total. The molecule has 1 aliphatic rings. The number of aromatic nitrogens is 3. The molecule has 0 bridgehead atoms. The lowest BCUT2D eigenvalue weighted by molar-refractivity contribution is -0.134. The van der Waals surface area contributed by atoms with Gasteiger partial charge >= 0.3 is 0 Å². The van der Waals surface area contributed by atoms with Gasteiger partial charge in [-0.25, -0.2) is 0 Å². The summed E-state index contributed by atoms with van der Waals surface area (Å²) in [7, 11) is 0. The first kappa shape index (κ1) is 21.4. The van der Waals surface area contributed by atoms with E-state index in [2.05, 4.69) is 24.0 Å². The zero-order valence-electron chi connectivity index (χ0n) is 17.9. The Morgan fingerprint density at radius 2 is 1.71 bits per heavy atom. The van der Waals surface area contributed by atoms with Crippen molar-refractivity contribution >= 4 is 17.7 Å². The van der Waals surface area contributed by atoms with Crippen molar-refractivity contribution in [3.8, 4) is 17.1 Å². The minimum absolute atomic E-state index is 0.142. The monoisotopic (exact) mass is 436 g/mol. The number of thioether (sulfide) groups is 1. The van der Waals surface area contributed by atoms with Gasteiger partial charge in [0.1, 0.15) is 5.75 Å². The number of piperidine rings is 1. The molecular weight excluding hydrogens is 408 g/mol. The van der Waals surface area contributed by atoms with E-state index in [1.165, 1.54) is 18.2 Å². The molecule has 1 amide bonds. The lowest BCUT2D eigenvalue weighted by Crippen LogP contribution is -2.48. The molecule has 0 spiro atoms. The van der Waals surface area contributed by atoms with Gasteiger partial charge in [0.25, 0.3) is 0 Å². The maximum Gasteiger partial charge on any atom is 0.233 e. The van der Waals surface area contributed by atoms with Gasteiger partial charge in [0.15, 0.2) is 11.0 Å². The average Bonchev–Trinajstić information content (AvgIpc) is 3.15. The molecular formula is C24H28N4O2S. The van der Waals surface area contributed by atoms with Crippen LogP contribution in [0.15, 0.2) is 59.8 Å². The number of para-hydroxylation sites is 1. The lowest BCUT2D eigenvalue weighted by atomic mass is 9.98. The Morgan fingerprint density at radius 3 is 2.42 bits per heavy atom. The zero-order chi connectivity index (χ0) is 21.8. The van der Waals surface area contributed by atoms with Crippen LogP contribution in [-0.2, 0) is 11.3 Å². The first-order valence-corrected chi connectivity index (χ1v) is 11.7. The molecule has 1 saturated heterocycles. The third-order valence-electron chi connectivity index (χ3n) is 5.85. The van der Waals surface area contributed by atoms with Gasteiger partial charge in [0, 0.05) is 12.1 Å². The molecule has 1 aromatic heterocycles. The number of rotatable bonds is 6. The van der Waals surface area contributed by atoms with Crippen molar-refractivity contribution in [1.82, 2.24) is 19.7 Å². The molecule has 1 N–H and O–H groups in total. The van der Waals surface area contributed by atoms with Crippen molar-refractivity contribution in [3.05, 3.63) is 60.2 Å². The number of hydrogen-bond donors (Lipinski definition) is 1. The first-order valence-electron chi connectivity index (χ1n) is 10.7. The molecule has 31 heavy (non-hydrogen) atoms. The van der Waals surface area contributed by atoms with Crippen LogP contribution in [0.4, 0.5) is 0 Å². The van der Waals surface area contributed by atoms with Crippen LogP contribution in [0.2, 0.25) is 0 Å². The molecule has 0 saturated carbocycles. The van der Waals surface area contributed by atoms with Crippen LogP contribution in [-0.4, -0.2) is 48.5 Å². The Kier molecular flexibility index (Phi) is 6.61. The third-order valence-corrected chi connectivity index (χ3v) is 6.80. The van der Waals surface area contributed by atoms with Gasteiger partial charge in [-0.1, -0.05) is 54.2 Å². The van der Waals surface area contributed by atoms with Crippen LogP contribution in [0.5, 0.6) is 5.75 Å². The Hall–Kier alpha value is -2.80. The second-order valence-electron chi connectivity index (χ2n) is 8.11. The predicted octanol–water partition coefficient (Wildman–Crippen LogP) is 4.58. The highest BCUT2D eigenvalue weighted by molar-refractivity contribution is 7.99. The van der Waals surface area contributed by atoms with Crippen LogP contribution in [0.25, 0.3) is 11.4 Å². The second kappa shape index (κ2) is 9.56. The molecule has 1 aliphatic heterocycles. The fraction of sp³-hybridized carbons (Fsp3) is 0.375. The van der Waals surface area contributed by atoms with Gasteiger partial charge in [-0.05, 0) is 50.8 Å². The number of nitrogens with zero attached hydrogens (tertiary/aromatic N) is 4. The Balaban J connectivity index is 1.60. The van der Waals surface area contributed by atoms with Crippen LogP contribution >= 0.6 is 11.8 Å². The summed E-state index contributed by atoms with van der Waals surface area (Å²) in [5.41, 5.74) is 1.73. The molecule has 7 heteroatoms. The molecule has 162 valence electrons. The van der Waals surface area contributed by atoms with E-state index in [1.807, 2.05) is 51.9 Å². The maximum atomic E-state index is 13.0. The third kappa shape index (κ3) is 4.77. The van der Waals surface area contributed by atoms with Gasteiger partial charge in [0.2, 0.25) is 5.91 Å². The largest absolute Gasteiger partial charge is 0.507 e. The summed E-state index contributed by atoms with van der Waals surface area (Å²) in [5.74, 6) is 1.22. The minimum atomic E-state index is 0.142.